The molecule has 76 valence electrons. The van der Waals surface area contributed by atoms with Crippen molar-refractivity contribution in [2.45, 2.75) is 44.6 Å². The Balaban J connectivity index is 1.52. The normalized spacial score (nSPS) is 30.0. The van der Waals surface area contributed by atoms with Crippen LogP contribution in [0.3, 0.4) is 0 Å². The SMILES string of the molecule is C1CCC(CSC[C@@H]2CCCN2)C1. The lowest BCUT2D eigenvalue weighted by Crippen LogP contribution is -2.24. The summed E-state index contributed by atoms with van der Waals surface area (Å²) in [6.45, 7) is 1.26. The van der Waals surface area contributed by atoms with Crippen LogP contribution < -0.4 is 5.32 Å². The molecule has 13 heavy (non-hydrogen) atoms. The molecule has 1 N–H and O–H groups in total. The molecular formula is C11H21NS. The van der Waals surface area contributed by atoms with Crippen LogP contribution in [0, 0.1) is 5.92 Å². The monoisotopic (exact) mass is 199 g/mol. The maximum atomic E-state index is 3.56. The van der Waals surface area contributed by atoms with E-state index < -0.39 is 0 Å². The minimum Gasteiger partial charge on any atom is -0.313 e. The fourth-order valence-corrected chi connectivity index (χ4v) is 3.82. The van der Waals surface area contributed by atoms with Crippen molar-refractivity contribution in [1.82, 2.24) is 5.32 Å². The number of rotatable bonds is 4. The molecule has 1 saturated carbocycles. The van der Waals surface area contributed by atoms with Crippen LogP contribution in [0.25, 0.3) is 0 Å². The molecular weight excluding hydrogens is 178 g/mol. The van der Waals surface area contributed by atoms with Gasteiger partial charge in [0.15, 0.2) is 0 Å². The second-order valence-corrected chi connectivity index (χ2v) is 5.56. The molecule has 0 unspecified atom stereocenters. The molecule has 1 aliphatic heterocycles. The Morgan fingerprint density at radius 2 is 1.85 bits per heavy atom. The molecule has 2 rings (SSSR count). The van der Waals surface area contributed by atoms with E-state index in [0.717, 1.165) is 12.0 Å². The van der Waals surface area contributed by atoms with Crippen molar-refractivity contribution in [1.29, 1.82) is 0 Å². The third-order valence-electron chi connectivity index (χ3n) is 3.31. The Hall–Kier alpha value is 0.310. The molecule has 0 radical (unpaired) electrons. The highest BCUT2D eigenvalue weighted by molar-refractivity contribution is 7.99. The summed E-state index contributed by atoms with van der Waals surface area (Å²) in [5.74, 6) is 3.85. The van der Waals surface area contributed by atoms with Gasteiger partial charge >= 0.3 is 0 Å². The van der Waals surface area contributed by atoms with Crippen molar-refractivity contribution in [2.24, 2.45) is 5.92 Å². The average molecular weight is 199 g/mol. The number of hydrogen-bond acceptors (Lipinski definition) is 2. The maximum Gasteiger partial charge on any atom is 0.0158 e. The molecule has 1 saturated heterocycles. The van der Waals surface area contributed by atoms with Crippen molar-refractivity contribution in [3.63, 3.8) is 0 Å². The van der Waals surface area contributed by atoms with E-state index in [1.54, 1.807) is 0 Å². The van der Waals surface area contributed by atoms with Gasteiger partial charge in [-0.1, -0.05) is 12.8 Å². The molecule has 2 aliphatic rings. The smallest absolute Gasteiger partial charge is 0.0158 e. The maximum absolute atomic E-state index is 3.56. The summed E-state index contributed by atoms with van der Waals surface area (Å²) in [4.78, 5) is 0. The van der Waals surface area contributed by atoms with Gasteiger partial charge in [0, 0.05) is 11.8 Å². The highest BCUT2D eigenvalue weighted by Gasteiger charge is 2.17. The van der Waals surface area contributed by atoms with Crippen molar-refractivity contribution in [2.75, 3.05) is 18.1 Å². The molecule has 1 heterocycles. The second-order valence-electron chi connectivity index (χ2n) is 4.48. The number of nitrogens with one attached hydrogen (secondary N) is 1. The first-order valence-electron chi connectivity index (χ1n) is 5.76. The molecule has 1 nitrogen and oxygen atoms in total. The highest BCUT2D eigenvalue weighted by atomic mass is 32.2. The van der Waals surface area contributed by atoms with E-state index in [-0.39, 0.29) is 0 Å². The lowest BCUT2D eigenvalue weighted by Gasteiger charge is -2.12. The summed E-state index contributed by atoms with van der Waals surface area (Å²) in [6.07, 6.45) is 8.81. The van der Waals surface area contributed by atoms with Crippen LogP contribution >= 0.6 is 11.8 Å². The summed E-state index contributed by atoms with van der Waals surface area (Å²) in [5, 5.41) is 3.56. The van der Waals surface area contributed by atoms with Gasteiger partial charge in [0.1, 0.15) is 0 Å². The first kappa shape index (κ1) is 9.85. The van der Waals surface area contributed by atoms with Gasteiger partial charge in [0.2, 0.25) is 0 Å². The molecule has 2 fully saturated rings. The molecule has 0 spiro atoms. The Morgan fingerprint density at radius 3 is 2.54 bits per heavy atom. The van der Waals surface area contributed by atoms with Gasteiger partial charge in [-0.3, -0.25) is 0 Å². The van der Waals surface area contributed by atoms with Crippen LogP contribution in [-0.4, -0.2) is 24.1 Å². The predicted octanol–water partition coefficient (Wildman–Crippen LogP) is 2.66. The zero-order valence-corrected chi connectivity index (χ0v) is 9.24. The van der Waals surface area contributed by atoms with Gasteiger partial charge in [-0.05, 0) is 43.9 Å². The molecule has 1 atom stereocenters. The Kier molecular flexibility index (Phi) is 3.98. The quantitative estimate of drug-likeness (QED) is 0.747. The molecule has 2 heteroatoms. The van der Waals surface area contributed by atoms with Crippen LogP contribution in [0.2, 0.25) is 0 Å². The van der Waals surface area contributed by atoms with Gasteiger partial charge in [-0.15, -0.1) is 0 Å². The second kappa shape index (κ2) is 5.26. The number of thioether (sulfide) groups is 1. The van der Waals surface area contributed by atoms with Crippen molar-refractivity contribution >= 4 is 11.8 Å². The minimum absolute atomic E-state index is 0.839. The topological polar surface area (TPSA) is 12.0 Å². The number of hydrogen-bond donors (Lipinski definition) is 1. The Morgan fingerprint density at radius 1 is 1.00 bits per heavy atom. The first-order chi connectivity index (χ1) is 6.45. The van der Waals surface area contributed by atoms with E-state index in [0.29, 0.717) is 0 Å². The van der Waals surface area contributed by atoms with E-state index >= 15 is 0 Å². The molecule has 0 amide bonds. The third-order valence-corrected chi connectivity index (χ3v) is 4.65. The first-order valence-corrected chi connectivity index (χ1v) is 6.92. The highest BCUT2D eigenvalue weighted by Crippen LogP contribution is 2.28. The van der Waals surface area contributed by atoms with E-state index in [2.05, 4.69) is 17.1 Å². The largest absolute Gasteiger partial charge is 0.313 e. The molecule has 0 bridgehead atoms. The third kappa shape index (κ3) is 3.17. The van der Waals surface area contributed by atoms with E-state index in [1.807, 2.05) is 0 Å². The van der Waals surface area contributed by atoms with Crippen LogP contribution in [0.15, 0.2) is 0 Å². The fourth-order valence-electron chi connectivity index (χ4n) is 2.45. The van der Waals surface area contributed by atoms with Crippen LogP contribution in [0.5, 0.6) is 0 Å². The van der Waals surface area contributed by atoms with Gasteiger partial charge < -0.3 is 5.32 Å². The zero-order chi connectivity index (χ0) is 8.93. The van der Waals surface area contributed by atoms with Gasteiger partial charge in [0.05, 0.1) is 0 Å². The van der Waals surface area contributed by atoms with Crippen LogP contribution in [0.1, 0.15) is 38.5 Å². The molecule has 0 aromatic rings. The fraction of sp³-hybridized carbons (Fsp3) is 1.00. The molecule has 1 aliphatic carbocycles. The van der Waals surface area contributed by atoms with E-state index in [4.69, 9.17) is 0 Å². The lowest BCUT2D eigenvalue weighted by atomic mass is 10.1. The summed E-state index contributed by atoms with van der Waals surface area (Å²) >= 11 is 2.19. The van der Waals surface area contributed by atoms with Gasteiger partial charge in [-0.2, -0.15) is 11.8 Å². The summed E-state index contributed by atoms with van der Waals surface area (Å²) in [5.41, 5.74) is 0. The lowest BCUT2D eigenvalue weighted by molar-refractivity contribution is 0.619. The standard InChI is InChI=1S/C11H21NS/c1-2-5-10(4-1)8-13-9-11-6-3-7-12-11/h10-12H,1-9H2/t11-/m0/s1. The molecule has 0 aromatic carbocycles. The summed E-state index contributed by atoms with van der Waals surface area (Å²) in [7, 11) is 0. The summed E-state index contributed by atoms with van der Waals surface area (Å²) in [6, 6.07) is 0.839. The van der Waals surface area contributed by atoms with Gasteiger partial charge in [0.25, 0.3) is 0 Å². The Labute approximate surface area is 86.0 Å². The predicted molar refractivity (Wildman–Crippen MR) is 60.3 cm³/mol. The van der Waals surface area contributed by atoms with E-state index in [1.165, 1.54) is 56.6 Å². The van der Waals surface area contributed by atoms with Crippen LogP contribution in [-0.2, 0) is 0 Å². The van der Waals surface area contributed by atoms with Crippen molar-refractivity contribution in [3.05, 3.63) is 0 Å². The zero-order valence-electron chi connectivity index (χ0n) is 8.43. The minimum atomic E-state index is 0.839. The van der Waals surface area contributed by atoms with Gasteiger partial charge in [-0.25, -0.2) is 0 Å². The van der Waals surface area contributed by atoms with Crippen molar-refractivity contribution in [3.8, 4) is 0 Å². The van der Waals surface area contributed by atoms with E-state index in [9.17, 15) is 0 Å². The summed E-state index contributed by atoms with van der Waals surface area (Å²) < 4.78 is 0. The van der Waals surface area contributed by atoms with Crippen molar-refractivity contribution < 1.29 is 0 Å². The molecule has 0 aromatic heterocycles. The average Bonchev–Trinajstić information content (AvgIpc) is 2.75. The Bertz CT molecular complexity index is 121. The van der Waals surface area contributed by atoms with Crippen LogP contribution in [0.4, 0.5) is 0 Å².